The number of benzene rings is 1. The molecule has 1 aromatic rings. The maximum atomic E-state index is 5.72. The topological polar surface area (TPSA) is 84.7 Å². The summed E-state index contributed by atoms with van der Waals surface area (Å²) in [6, 6.07) is 9.53. The Kier molecular flexibility index (Phi) is 2.60. The molecule has 1 aromatic carbocycles. The Bertz CT molecular complexity index is 573. The van der Waals surface area contributed by atoms with Gasteiger partial charge in [-0.3, -0.25) is 0 Å². The highest BCUT2D eigenvalue weighted by Crippen LogP contribution is 2.21. The molecule has 1 atom stereocenters. The van der Waals surface area contributed by atoms with Crippen molar-refractivity contribution < 1.29 is 4.74 Å². The number of nitrogens with zero attached hydrogens (tertiary/aromatic N) is 4. The highest BCUT2D eigenvalue weighted by molar-refractivity contribution is 6.08. The zero-order chi connectivity index (χ0) is 12.4. The summed E-state index contributed by atoms with van der Waals surface area (Å²) in [5, 5.41) is 11.3. The Morgan fingerprint density at radius 3 is 2.89 bits per heavy atom. The number of nitrogens with two attached hydrogens (primary N) is 1. The summed E-state index contributed by atoms with van der Waals surface area (Å²) < 4.78 is 5.72. The Balaban J connectivity index is 1.75. The fraction of sp³-hybridized carbons (Fsp3) is 0.167. The quantitative estimate of drug-likeness (QED) is 0.871. The third kappa shape index (κ3) is 2.00. The summed E-state index contributed by atoms with van der Waals surface area (Å²) in [6.07, 6.45) is 1.66. The molecule has 0 radical (unpaired) electrons. The van der Waals surface area contributed by atoms with E-state index in [1.165, 1.54) is 0 Å². The van der Waals surface area contributed by atoms with Crippen LogP contribution in [0.4, 0.5) is 0 Å². The number of hydrogen-bond donors (Lipinski definition) is 1. The van der Waals surface area contributed by atoms with E-state index in [0.717, 1.165) is 5.56 Å². The fourth-order valence-electron chi connectivity index (χ4n) is 1.75. The lowest BCUT2D eigenvalue weighted by molar-refractivity contribution is 0.189. The van der Waals surface area contributed by atoms with Crippen molar-refractivity contribution in [1.82, 2.24) is 0 Å². The minimum absolute atomic E-state index is 0.346. The van der Waals surface area contributed by atoms with E-state index in [1.54, 1.807) is 6.08 Å². The molecule has 6 nitrogen and oxygen atoms in total. The van der Waals surface area contributed by atoms with E-state index in [1.807, 2.05) is 30.3 Å². The Hall–Kier alpha value is -2.50. The van der Waals surface area contributed by atoms with Crippen molar-refractivity contribution in [2.24, 2.45) is 26.2 Å². The van der Waals surface area contributed by atoms with Gasteiger partial charge in [0.2, 0.25) is 0 Å². The van der Waals surface area contributed by atoms with Crippen molar-refractivity contribution in [2.75, 3.05) is 0 Å². The van der Waals surface area contributed by atoms with E-state index in [2.05, 4.69) is 20.4 Å². The second kappa shape index (κ2) is 4.40. The van der Waals surface area contributed by atoms with Crippen molar-refractivity contribution in [2.45, 2.75) is 12.6 Å². The van der Waals surface area contributed by atoms with Crippen molar-refractivity contribution in [3.8, 4) is 0 Å². The van der Waals surface area contributed by atoms with E-state index >= 15 is 0 Å². The molecule has 0 saturated carbocycles. The first-order valence-corrected chi connectivity index (χ1v) is 5.53. The maximum Gasteiger partial charge on any atom is 0.191 e. The van der Waals surface area contributed by atoms with Gasteiger partial charge in [0.05, 0.1) is 0 Å². The van der Waals surface area contributed by atoms with Crippen LogP contribution in [-0.2, 0) is 11.3 Å². The van der Waals surface area contributed by atoms with Gasteiger partial charge >= 0.3 is 0 Å². The molecule has 0 aromatic heterocycles. The largest absolute Gasteiger partial charge is 0.490 e. The standard InChI is InChI=1S/C12H11N5O/c13-10-6-9(11-12(14-10)16-17-15-11)18-7-8-4-2-1-3-5-8/h1-6,11H,7H2,(H2,13,14,15,16). The van der Waals surface area contributed by atoms with Crippen LogP contribution in [0.15, 0.2) is 62.6 Å². The second-order valence-corrected chi connectivity index (χ2v) is 3.92. The summed E-state index contributed by atoms with van der Waals surface area (Å²) in [6.45, 7) is 0.458. The number of ether oxygens (including phenoxy) is 1. The highest BCUT2D eigenvalue weighted by Gasteiger charge is 2.29. The lowest BCUT2D eigenvalue weighted by Crippen LogP contribution is -2.27. The number of hydrogen-bond acceptors (Lipinski definition) is 6. The predicted octanol–water partition coefficient (Wildman–Crippen LogP) is 1.61. The van der Waals surface area contributed by atoms with Gasteiger partial charge in [-0.1, -0.05) is 30.3 Å². The van der Waals surface area contributed by atoms with Crippen molar-refractivity contribution in [3.05, 3.63) is 47.7 Å². The summed E-state index contributed by atoms with van der Waals surface area (Å²) in [4.78, 5) is 4.05. The molecule has 90 valence electrons. The third-order valence-corrected chi connectivity index (χ3v) is 2.61. The number of rotatable bonds is 3. The van der Waals surface area contributed by atoms with Crippen LogP contribution in [0.2, 0.25) is 0 Å². The number of amidine groups is 2. The molecule has 3 rings (SSSR count). The SMILES string of the molecule is NC1=NC2=NN=NC2C(OCc2ccccc2)=C1. The normalized spacial score (nSPS) is 20.9. The monoisotopic (exact) mass is 241 g/mol. The van der Waals surface area contributed by atoms with Crippen molar-refractivity contribution >= 4 is 11.7 Å². The lowest BCUT2D eigenvalue weighted by atomic mass is 10.1. The van der Waals surface area contributed by atoms with Crippen LogP contribution >= 0.6 is 0 Å². The van der Waals surface area contributed by atoms with Gasteiger partial charge in [-0.2, -0.15) is 0 Å². The molecule has 2 heterocycles. The molecule has 0 amide bonds. The molecule has 6 heteroatoms. The molecule has 18 heavy (non-hydrogen) atoms. The molecule has 2 aliphatic rings. The number of aliphatic imine (C=N–C) groups is 1. The van der Waals surface area contributed by atoms with Crippen LogP contribution in [0, 0.1) is 0 Å². The van der Waals surface area contributed by atoms with Crippen molar-refractivity contribution in [3.63, 3.8) is 0 Å². The Morgan fingerprint density at radius 1 is 1.22 bits per heavy atom. The van der Waals surface area contributed by atoms with Crippen molar-refractivity contribution in [1.29, 1.82) is 0 Å². The average molecular weight is 241 g/mol. The first kappa shape index (κ1) is 10.6. The van der Waals surface area contributed by atoms with Crippen LogP contribution in [0.5, 0.6) is 0 Å². The van der Waals surface area contributed by atoms with E-state index in [0.29, 0.717) is 24.0 Å². The van der Waals surface area contributed by atoms with E-state index in [9.17, 15) is 0 Å². The third-order valence-electron chi connectivity index (χ3n) is 2.61. The van der Waals surface area contributed by atoms with Crippen LogP contribution in [0.1, 0.15) is 5.56 Å². The minimum Gasteiger partial charge on any atom is -0.490 e. The molecular weight excluding hydrogens is 230 g/mol. The number of dihydropyridines is 1. The lowest BCUT2D eigenvalue weighted by Gasteiger charge is -2.17. The molecule has 0 aliphatic carbocycles. The van der Waals surface area contributed by atoms with Gasteiger partial charge in [0, 0.05) is 6.08 Å². The maximum absolute atomic E-state index is 5.72. The minimum atomic E-state index is -0.346. The average Bonchev–Trinajstić information content (AvgIpc) is 2.85. The van der Waals surface area contributed by atoms with Crippen LogP contribution in [0.3, 0.4) is 0 Å². The fourth-order valence-corrected chi connectivity index (χ4v) is 1.75. The summed E-state index contributed by atoms with van der Waals surface area (Å²) >= 11 is 0. The predicted molar refractivity (Wildman–Crippen MR) is 67.0 cm³/mol. The van der Waals surface area contributed by atoms with Crippen LogP contribution in [0.25, 0.3) is 0 Å². The van der Waals surface area contributed by atoms with E-state index in [-0.39, 0.29) is 6.04 Å². The summed E-state index contributed by atoms with van der Waals surface area (Å²) in [7, 11) is 0. The first-order chi connectivity index (χ1) is 8.83. The smallest absolute Gasteiger partial charge is 0.191 e. The van der Waals surface area contributed by atoms with Gasteiger partial charge in [-0.05, 0) is 10.8 Å². The first-order valence-electron chi connectivity index (χ1n) is 5.53. The van der Waals surface area contributed by atoms with E-state index < -0.39 is 0 Å². The summed E-state index contributed by atoms with van der Waals surface area (Å²) in [5.41, 5.74) is 6.76. The molecule has 1 unspecified atom stereocenters. The second-order valence-electron chi connectivity index (χ2n) is 3.92. The molecule has 0 fully saturated rings. The highest BCUT2D eigenvalue weighted by atomic mass is 16.5. The van der Waals surface area contributed by atoms with E-state index in [4.69, 9.17) is 10.5 Å². The molecular formula is C12H11N5O. The van der Waals surface area contributed by atoms with Gasteiger partial charge in [0.1, 0.15) is 18.2 Å². The molecule has 2 aliphatic heterocycles. The van der Waals surface area contributed by atoms with Crippen LogP contribution in [-0.4, -0.2) is 17.7 Å². The summed E-state index contributed by atoms with van der Waals surface area (Å²) in [5.74, 6) is 1.48. The molecule has 2 N–H and O–H groups in total. The van der Waals surface area contributed by atoms with Gasteiger partial charge in [0.25, 0.3) is 0 Å². The molecule has 0 spiro atoms. The number of fused-ring (bicyclic) bond motifs is 1. The zero-order valence-electron chi connectivity index (χ0n) is 9.52. The van der Waals surface area contributed by atoms with Crippen LogP contribution < -0.4 is 5.73 Å². The van der Waals surface area contributed by atoms with Gasteiger partial charge in [0.15, 0.2) is 11.9 Å². The Labute approximate surface area is 104 Å². The molecule has 0 saturated heterocycles. The van der Waals surface area contributed by atoms with Gasteiger partial charge in [-0.25, -0.2) is 4.99 Å². The van der Waals surface area contributed by atoms with Gasteiger partial charge < -0.3 is 10.5 Å². The Morgan fingerprint density at radius 2 is 2.06 bits per heavy atom. The molecule has 0 bridgehead atoms. The zero-order valence-corrected chi connectivity index (χ0v) is 9.52. The van der Waals surface area contributed by atoms with Gasteiger partial charge in [-0.15, -0.1) is 10.2 Å².